The van der Waals surface area contributed by atoms with Gasteiger partial charge in [-0.25, -0.2) is 0 Å². The van der Waals surface area contributed by atoms with Crippen LogP contribution in [-0.4, -0.2) is 29.5 Å². The van der Waals surface area contributed by atoms with E-state index in [1.807, 2.05) is 6.20 Å². The maximum atomic E-state index is 5.99. The van der Waals surface area contributed by atoms with Crippen molar-refractivity contribution in [2.24, 2.45) is 0 Å². The number of aromatic nitrogens is 2. The first-order valence-corrected chi connectivity index (χ1v) is 10.4. The van der Waals surface area contributed by atoms with E-state index >= 15 is 0 Å². The van der Waals surface area contributed by atoms with Gasteiger partial charge in [-0.05, 0) is 16.7 Å². The Hall–Kier alpha value is -3.21. The average Bonchev–Trinajstić information content (AvgIpc) is 3.33. The van der Waals surface area contributed by atoms with Crippen LogP contribution in [0.1, 0.15) is 28.4 Å². The molecule has 0 radical (unpaired) electrons. The molecule has 1 aliphatic rings. The Morgan fingerprint density at radius 1 is 0.800 bits per heavy atom. The number of nitrogens with one attached hydrogen (secondary N) is 1. The fourth-order valence-corrected chi connectivity index (χ4v) is 4.40. The molecular weight excluding hydrogens is 370 g/mol. The molecule has 1 fully saturated rings. The number of rotatable bonds is 5. The monoisotopic (exact) mass is 395 g/mol. The lowest BCUT2D eigenvalue weighted by molar-refractivity contribution is 0.0276. The zero-order valence-electron chi connectivity index (χ0n) is 16.8. The van der Waals surface area contributed by atoms with E-state index in [1.165, 1.54) is 16.7 Å². The quantitative estimate of drug-likeness (QED) is 0.510. The van der Waals surface area contributed by atoms with Crippen LogP contribution in [0.3, 0.4) is 0 Å². The second-order valence-electron chi connectivity index (χ2n) is 7.59. The first-order valence-electron chi connectivity index (χ1n) is 10.4. The summed E-state index contributed by atoms with van der Waals surface area (Å²) in [5.41, 5.74) is 4.01. The van der Waals surface area contributed by atoms with Crippen molar-refractivity contribution in [1.82, 2.24) is 15.1 Å². The first-order chi connectivity index (χ1) is 14.9. The summed E-state index contributed by atoms with van der Waals surface area (Å²) in [6.45, 7) is 2.42. The molecule has 1 saturated heterocycles. The van der Waals surface area contributed by atoms with Crippen LogP contribution in [-0.2, 0) is 10.3 Å². The zero-order chi connectivity index (χ0) is 20.2. The van der Waals surface area contributed by atoms with Gasteiger partial charge in [0.05, 0.1) is 18.9 Å². The molecule has 0 amide bonds. The van der Waals surface area contributed by atoms with Crippen LogP contribution in [0.4, 0.5) is 0 Å². The highest BCUT2D eigenvalue weighted by Gasteiger charge is 2.39. The highest BCUT2D eigenvalue weighted by atomic mass is 16.5. The summed E-state index contributed by atoms with van der Waals surface area (Å²) < 4.78 is 8.09. The maximum Gasteiger partial charge on any atom is 0.138 e. The molecule has 0 saturated carbocycles. The molecule has 1 aliphatic heterocycles. The van der Waals surface area contributed by atoms with Crippen molar-refractivity contribution in [3.63, 3.8) is 0 Å². The lowest BCUT2D eigenvalue weighted by Gasteiger charge is -2.36. The molecule has 30 heavy (non-hydrogen) atoms. The van der Waals surface area contributed by atoms with Crippen LogP contribution in [0.25, 0.3) is 0 Å². The van der Waals surface area contributed by atoms with E-state index < -0.39 is 5.54 Å². The van der Waals surface area contributed by atoms with Crippen LogP contribution < -0.4 is 5.32 Å². The lowest BCUT2D eigenvalue weighted by Crippen LogP contribution is -2.38. The highest BCUT2D eigenvalue weighted by Crippen LogP contribution is 2.40. The van der Waals surface area contributed by atoms with E-state index in [2.05, 4.69) is 107 Å². The van der Waals surface area contributed by atoms with E-state index in [0.29, 0.717) is 0 Å². The van der Waals surface area contributed by atoms with Crippen LogP contribution in [0.5, 0.6) is 0 Å². The van der Waals surface area contributed by atoms with Gasteiger partial charge in [-0.15, -0.1) is 0 Å². The topological polar surface area (TPSA) is 39.1 Å². The molecule has 3 aromatic carbocycles. The van der Waals surface area contributed by atoms with Gasteiger partial charge in [0.15, 0.2) is 0 Å². The van der Waals surface area contributed by atoms with Crippen molar-refractivity contribution in [1.29, 1.82) is 0 Å². The first kappa shape index (κ1) is 18.8. The molecule has 4 heteroatoms. The van der Waals surface area contributed by atoms with Gasteiger partial charge in [-0.3, -0.25) is 4.68 Å². The van der Waals surface area contributed by atoms with Gasteiger partial charge in [0.2, 0.25) is 0 Å². The SMILES string of the molecule is c1ccc(C(c2ccccc2)(c2ccccc2)n2cc(C3CNCCO3)cn2)cc1. The normalized spacial score (nSPS) is 17.0. The van der Waals surface area contributed by atoms with Crippen LogP contribution in [0.2, 0.25) is 0 Å². The van der Waals surface area contributed by atoms with Gasteiger partial charge < -0.3 is 10.1 Å². The minimum atomic E-state index is -0.579. The summed E-state index contributed by atoms with van der Waals surface area (Å²) in [6, 6.07) is 31.8. The Bertz CT molecular complexity index is 974. The predicted molar refractivity (Wildman–Crippen MR) is 118 cm³/mol. The standard InChI is InChI=1S/C26H25N3O/c1-4-10-22(11-5-1)26(23-12-6-2-7-13-23,24-14-8-3-9-15-24)29-20-21(18-28-29)25-19-27-16-17-30-25/h1-15,18,20,25,27H,16-17,19H2. The third kappa shape index (κ3) is 3.24. The van der Waals surface area contributed by atoms with Gasteiger partial charge >= 0.3 is 0 Å². The van der Waals surface area contributed by atoms with E-state index in [9.17, 15) is 0 Å². The Morgan fingerprint density at radius 2 is 1.33 bits per heavy atom. The van der Waals surface area contributed by atoms with Gasteiger partial charge in [0, 0.05) is 24.8 Å². The Balaban J connectivity index is 1.75. The second kappa shape index (κ2) is 8.27. The zero-order valence-corrected chi connectivity index (χ0v) is 16.8. The highest BCUT2D eigenvalue weighted by molar-refractivity contribution is 5.50. The Morgan fingerprint density at radius 3 is 1.80 bits per heavy atom. The maximum absolute atomic E-state index is 5.99. The molecule has 1 unspecified atom stereocenters. The third-order valence-corrected chi connectivity index (χ3v) is 5.82. The van der Waals surface area contributed by atoms with E-state index in [4.69, 9.17) is 9.84 Å². The van der Waals surface area contributed by atoms with Crippen molar-refractivity contribution in [3.05, 3.63) is 126 Å². The summed E-state index contributed by atoms with van der Waals surface area (Å²) in [6.07, 6.45) is 4.11. The number of morpholine rings is 1. The molecule has 5 rings (SSSR count). The molecule has 2 heterocycles. The summed E-state index contributed by atoms with van der Waals surface area (Å²) in [5.74, 6) is 0. The molecule has 4 nitrogen and oxygen atoms in total. The van der Waals surface area contributed by atoms with Crippen molar-refractivity contribution < 1.29 is 4.74 Å². The van der Waals surface area contributed by atoms with Crippen LogP contribution >= 0.6 is 0 Å². The van der Waals surface area contributed by atoms with E-state index in [-0.39, 0.29) is 6.10 Å². The molecule has 1 atom stereocenters. The molecule has 0 bridgehead atoms. The Labute approximate surface area is 177 Å². The third-order valence-electron chi connectivity index (χ3n) is 5.82. The number of nitrogens with zero attached hydrogens (tertiary/aromatic N) is 2. The van der Waals surface area contributed by atoms with Gasteiger partial charge in [0.25, 0.3) is 0 Å². The van der Waals surface area contributed by atoms with Crippen molar-refractivity contribution in [2.45, 2.75) is 11.6 Å². The largest absolute Gasteiger partial charge is 0.371 e. The molecule has 1 aromatic heterocycles. The summed E-state index contributed by atoms with van der Waals surface area (Å²) in [4.78, 5) is 0. The van der Waals surface area contributed by atoms with Crippen molar-refractivity contribution in [2.75, 3.05) is 19.7 Å². The van der Waals surface area contributed by atoms with Crippen molar-refractivity contribution in [3.8, 4) is 0 Å². The van der Waals surface area contributed by atoms with Crippen molar-refractivity contribution >= 4 is 0 Å². The molecule has 150 valence electrons. The molecule has 1 N–H and O–H groups in total. The van der Waals surface area contributed by atoms with Gasteiger partial charge in [-0.2, -0.15) is 5.10 Å². The minimum absolute atomic E-state index is 0.0209. The molecule has 0 aliphatic carbocycles. The summed E-state index contributed by atoms with van der Waals surface area (Å²) >= 11 is 0. The number of benzene rings is 3. The van der Waals surface area contributed by atoms with E-state index in [0.717, 1.165) is 25.3 Å². The van der Waals surface area contributed by atoms with Gasteiger partial charge in [-0.1, -0.05) is 91.0 Å². The fourth-order valence-electron chi connectivity index (χ4n) is 4.40. The second-order valence-corrected chi connectivity index (χ2v) is 7.59. The Kier molecular flexibility index (Phi) is 5.18. The van der Waals surface area contributed by atoms with Crippen LogP contribution in [0, 0.1) is 0 Å². The summed E-state index contributed by atoms with van der Waals surface area (Å²) in [5, 5.41) is 8.32. The van der Waals surface area contributed by atoms with Gasteiger partial charge in [0.1, 0.15) is 5.54 Å². The predicted octanol–water partition coefficient (Wildman–Crippen LogP) is 4.38. The fraction of sp³-hybridized carbons (Fsp3) is 0.192. The molecule has 4 aromatic rings. The average molecular weight is 396 g/mol. The number of hydrogen-bond donors (Lipinski definition) is 1. The number of ether oxygens (including phenoxy) is 1. The van der Waals surface area contributed by atoms with Crippen LogP contribution in [0.15, 0.2) is 103 Å². The lowest BCUT2D eigenvalue weighted by atomic mass is 9.77. The smallest absolute Gasteiger partial charge is 0.138 e. The van der Waals surface area contributed by atoms with E-state index in [1.54, 1.807) is 0 Å². The number of hydrogen-bond acceptors (Lipinski definition) is 3. The molecular formula is C26H25N3O. The summed E-state index contributed by atoms with van der Waals surface area (Å²) in [7, 11) is 0. The minimum Gasteiger partial charge on any atom is -0.371 e. The molecule has 0 spiro atoms.